The van der Waals surface area contributed by atoms with Crippen LogP contribution in [0.2, 0.25) is 0 Å². The van der Waals surface area contributed by atoms with Gasteiger partial charge in [0.15, 0.2) is 14.7 Å². The van der Waals surface area contributed by atoms with Gasteiger partial charge in [-0.05, 0) is 48.5 Å². The lowest BCUT2D eigenvalue weighted by Gasteiger charge is -2.18. The molecular weight excluding hydrogens is 352 g/mol. The molecule has 1 aliphatic rings. The lowest BCUT2D eigenvalue weighted by atomic mass is 10.3. The van der Waals surface area contributed by atoms with E-state index in [1.807, 2.05) is 11.8 Å². The molecule has 120 valence electrons. The Hall–Kier alpha value is -1.33. The maximum Gasteiger partial charge on any atom is 0.180 e. The predicted octanol–water partition coefficient (Wildman–Crippen LogP) is 5.33. The Bertz CT molecular complexity index is 800. The minimum atomic E-state index is -0.0514. The first-order chi connectivity index (χ1) is 11.9. The van der Waals surface area contributed by atoms with Crippen molar-refractivity contribution >= 4 is 34.4 Å². The van der Waals surface area contributed by atoms with E-state index in [1.165, 1.54) is 29.4 Å². The van der Waals surface area contributed by atoms with Crippen LogP contribution in [0.3, 0.4) is 0 Å². The van der Waals surface area contributed by atoms with E-state index in [0.717, 1.165) is 5.75 Å². The van der Waals surface area contributed by atoms with Crippen molar-refractivity contribution in [2.75, 3.05) is 12.4 Å². The second kappa shape index (κ2) is 7.28. The number of hydrogen-bond acceptors (Lipinski definition) is 3. The molecule has 0 saturated carbocycles. The molecule has 4 rings (SSSR count). The number of fused-ring (bicyclic) bond motifs is 2. The third-order valence-corrected chi connectivity index (χ3v) is 8.52. The Morgan fingerprint density at radius 1 is 0.792 bits per heavy atom. The highest BCUT2D eigenvalue weighted by Crippen LogP contribution is 2.48. The molecule has 0 amide bonds. The smallest absolute Gasteiger partial charge is 0.180 e. The second-order valence-corrected chi connectivity index (χ2v) is 9.56. The fourth-order valence-corrected chi connectivity index (χ4v) is 7.13. The van der Waals surface area contributed by atoms with Gasteiger partial charge < -0.3 is 5.11 Å². The van der Waals surface area contributed by atoms with E-state index in [9.17, 15) is 0 Å². The average Bonchev–Trinajstić information content (AvgIpc) is 2.65. The fraction of sp³-hybridized carbons (Fsp3) is 0.100. The highest BCUT2D eigenvalue weighted by molar-refractivity contribution is 8.04. The summed E-state index contributed by atoms with van der Waals surface area (Å²) >= 11 is 3.57. The van der Waals surface area contributed by atoms with Crippen LogP contribution in [0.15, 0.2) is 102 Å². The van der Waals surface area contributed by atoms with Crippen molar-refractivity contribution in [1.29, 1.82) is 0 Å². The van der Waals surface area contributed by atoms with Crippen LogP contribution in [0.1, 0.15) is 0 Å². The zero-order valence-corrected chi connectivity index (χ0v) is 15.5. The number of benzene rings is 3. The summed E-state index contributed by atoms with van der Waals surface area (Å²) in [4.78, 5) is 8.11. The molecule has 3 aromatic carbocycles. The number of hydrogen-bond donors (Lipinski definition) is 1. The average molecular weight is 370 g/mol. The molecule has 3 aromatic rings. The molecule has 1 nitrogen and oxygen atoms in total. The van der Waals surface area contributed by atoms with Gasteiger partial charge in [0, 0.05) is 10.6 Å². The molecule has 0 aromatic heterocycles. The third-order valence-electron chi connectivity index (χ3n) is 3.78. The summed E-state index contributed by atoms with van der Waals surface area (Å²) in [6.07, 6.45) is 0. The van der Waals surface area contributed by atoms with Gasteiger partial charge in [-0.25, -0.2) is 0 Å². The van der Waals surface area contributed by atoms with Gasteiger partial charge >= 0.3 is 0 Å². The van der Waals surface area contributed by atoms with Gasteiger partial charge in [0.05, 0.1) is 16.4 Å². The molecule has 1 aliphatic heterocycles. The largest absolute Gasteiger partial charge is 0.396 e. The number of rotatable bonds is 4. The molecule has 24 heavy (non-hydrogen) atoms. The topological polar surface area (TPSA) is 20.2 Å². The molecule has 0 bridgehead atoms. The maximum atomic E-state index is 8.98. The molecule has 1 N–H and O–H groups in total. The Balaban J connectivity index is 1.77. The van der Waals surface area contributed by atoms with Crippen molar-refractivity contribution in [3.63, 3.8) is 0 Å². The summed E-state index contributed by atoms with van der Waals surface area (Å²) < 4.78 is 0. The van der Waals surface area contributed by atoms with Gasteiger partial charge in [0.25, 0.3) is 0 Å². The van der Waals surface area contributed by atoms with Gasteiger partial charge in [0.1, 0.15) is 10.9 Å². The Morgan fingerprint density at radius 3 is 1.96 bits per heavy atom. The molecular formula is C20H17OS3+. The molecule has 1 heterocycles. The standard InChI is InChI=1S/C20H17OS3/c21-13-14-22-15-9-11-16(12-10-15)24-19-7-3-1-5-17(19)23-18-6-2-4-8-20(18)24/h1-12,21H,13-14H2/q+1. The Morgan fingerprint density at radius 2 is 1.38 bits per heavy atom. The Labute approximate surface area is 153 Å². The lowest BCUT2D eigenvalue weighted by molar-refractivity contribution is 0.322. The van der Waals surface area contributed by atoms with E-state index in [4.69, 9.17) is 5.11 Å². The summed E-state index contributed by atoms with van der Waals surface area (Å²) in [5, 5.41) is 8.98. The zero-order chi connectivity index (χ0) is 16.4. The van der Waals surface area contributed by atoms with Crippen molar-refractivity contribution in [3.8, 4) is 0 Å². The lowest BCUT2D eigenvalue weighted by Crippen LogP contribution is -2.10. The quantitative estimate of drug-likeness (QED) is 0.388. The van der Waals surface area contributed by atoms with Crippen molar-refractivity contribution in [2.24, 2.45) is 0 Å². The van der Waals surface area contributed by atoms with Crippen LogP contribution in [0.25, 0.3) is 0 Å². The van der Waals surface area contributed by atoms with Crippen molar-refractivity contribution < 1.29 is 5.11 Å². The normalized spacial score (nSPS) is 13.4. The van der Waals surface area contributed by atoms with Gasteiger partial charge in [-0.15, -0.1) is 11.8 Å². The molecule has 0 unspecified atom stereocenters. The molecule has 4 heteroatoms. The first kappa shape index (κ1) is 16.2. The minimum Gasteiger partial charge on any atom is -0.396 e. The molecule has 0 atom stereocenters. The van der Waals surface area contributed by atoms with E-state index in [1.54, 1.807) is 11.8 Å². The minimum absolute atomic E-state index is 0.0514. The van der Waals surface area contributed by atoms with E-state index in [2.05, 4.69) is 72.8 Å². The van der Waals surface area contributed by atoms with Crippen molar-refractivity contribution in [2.45, 2.75) is 29.4 Å². The summed E-state index contributed by atoms with van der Waals surface area (Å²) in [7, 11) is -0.0514. The van der Waals surface area contributed by atoms with Crippen LogP contribution in [0.4, 0.5) is 0 Å². The monoisotopic (exact) mass is 369 g/mol. The third kappa shape index (κ3) is 3.11. The van der Waals surface area contributed by atoms with Crippen LogP contribution in [0.5, 0.6) is 0 Å². The van der Waals surface area contributed by atoms with Crippen molar-refractivity contribution in [1.82, 2.24) is 0 Å². The van der Waals surface area contributed by atoms with Crippen molar-refractivity contribution in [3.05, 3.63) is 72.8 Å². The Kier molecular flexibility index (Phi) is 4.90. The van der Waals surface area contributed by atoms with Crippen LogP contribution in [0, 0.1) is 0 Å². The van der Waals surface area contributed by atoms with Gasteiger partial charge in [0.2, 0.25) is 0 Å². The first-order valence-electron chi connectivity index (χ1n) is 7.81. The molecule has 0 spiro atoms. The summed E-state index contributed by atoms with van der Waals surface area (Å²) in [5.74, 6) is 0.743. The molecule has 0 radical (unpaired) electrons. The van der Waals surface area contributed by atoms with Gasteiger partial charge in [-0.2, -0.15) is 0 Å². The molecule has 0 aliphatic carbocycles. The van der Waals surface area contributed by atoms with Gasteiger partial charge in [-0.3, -0.25) is 0 Å². The van der Waals surface area contributed by atoms with Crippen LogP contribution in [-0.2, 0) is 10.9 Å². The number of thioether (sulfide) groups is 1. The van der Waals surface area contributed by atoms with Gasteiger partial charge in [-0.1, -0.05) is 36.0 Å². The highest BCUT2D eigenvalue weighted by Gasteiger charge is 2.37. The fourth-order valence-electron chi connectivity index (χ4n) is 2.73. The zero-order valence-electron chi connectivity index (χ0n) is 13.0. The van der Waals surface area contributed by atoms with E-state index in [-0.39, 0.29) is 17.5 Å². The summed E-state index contributed by atoms with van der Waals surface area (Å²) in [6.45, 7) is 0.217. The first-order valence-corrected chi connectivity index (χ1v) is 10.8. The van der Waals surface area contributed by atoms with E-state index in [0.29, 0.717) is 0 Å². The maximum absolute atomic E-state index is 8.98. The predicted molar refractivity (Wildman–Crippen MR) is 103 cm³/mol. The highest BCUT2D eigenvalue weighted by atomic mass is 32.2. The number of aliphatic hydroxyl groups is 1. The molecule has 0 fully saturated rings. The molecule has 0 saturated heterocycles. The number of aliphatic hydroxyl groups excluding tert-OH is 1. The van der Waals surface area contributed by atoms with Crippen LogP contribution in [-0.4, -0.2) is 17.5 Å². The van der Waals surface area contributed by atoms with Crippen LogP contribution < -0.4 is 0 Å². The summed E-state index contributed by atoms with van der Waals surface area (Å²) in [6, 6.07) is 26.3. The summed E-state index contributed by atoms with van der Waals surface area (Å²) in [5.41, 5.74) is 0. The second-order valence-electron chi connectivity index (χ2n) is 5.35. The van der Waals surface area contributed by atoms with E-state index >= 15 is 0 Å². The van der Waals surface area contributed by atoms with Crippen LogP contribution >= 0.6 is 23.5 Å². The SMILES string of the molecule is OCCSc1ccc([S+]2c3ccccc3Sc3ccccc32)cc1. The van der Waals surface area contributed by atoms with E-state index < -0.39 is 0 Å².